The lowest BCUT2D eigenvalue weighted by Crippen LogP contribution is -2.37. The predicted octanol–water partition coefficient (Wildman–Crippen LogP) is 0.738. The number of carbonyl (C=O) groups excluding carboxylic acids is 1. The van der Waals surface area contributed by atoms with Crippen molar-refractivity contribution in [1.82, 2.24) is 10.2 Å². The highest BCUT2D eigenvalue weighted by atomic mass is 16.5. The Bertz CT molecular complexity index is 475. The molecule has 2 heterocycles. The van der Waals surface area contributed by atoms with E-state index in [2.05, 4.69) is 16.3 Å². The van der Waals surface area contributed by atoms with Crippen molar-refractivity contribution in [2.75, 3.05) is 25.1 Å². The van der Waals surface area contributed by atoms with E-state index in [0.717, 1.165) is 0 Å². The molecule has 1 aromatic rings. The summed E-state index contributed by atoms with van der Waals surface area (Å²) in [4.78, 5) is 13.4. The number of rotatable bonds is 2. The van der Waals surface area contributed by atoms with Gasteiger partial charge in [0, 0.05) is 13.1 Å². The highest BCUT2D eigenvalue weighted by molar-refractivity contribution is 5.72. The maximum Gasteiger partial charge on any atom is 0.308 e. The van der Waals surface area contributed by atoms with Gasteiger partial charge in [-0.05, 0) is 18.9 Å². The van der Waals surface area contributed by atoms with Gasteiger partial charge in [0.15, 0.2) is 5.82 Å². The molecule has 2 rings (SSSR count). The maximum absolute atomic E-state index is 11.4. The summed E-state index contributed by atoms with van der Waals surface area (Å²) in [6, 6.07) is 3.75. The number of carbonyl (C=O) groups is 1. The molecular formula is C12H14N4O2. The zero-order valence-electron chi connectivity index (χ0n) is 10.2. The summed E-state index contributed by atoms with van der Waals surface area (Å²) in [7, 11) is 1.41. The molecule has 6 nitrogen and oxygen atoms in total. The minimum absolute atomic E-state index is 0.0477. The average molecular weight is 246 g/mol. The number of hydrogen-bond donors (Lipinski definition) is 0. The molecule has 1 aromatic heterocycles. The van der Waals surface area contributed by atoms with E-state index in [0.29, 0.717) is 37.3 Å². The van der Waals surface area contributed by atoms with Gasteiger partial charge in [0.05, 0.1) is 24.8 Å². The Hall–Kier alpha value is -2.16. The van der Waals surface area contributed by atoms with E-state index in [-0.39, 0.29) is 11.9 Å². The van der Waals surface area contributed by atoms with Gasteiger partial charge in [-0.15, -0.1) is 5.10 Å². The number of nitriles is 1. The van der Waals surface area contributed by atoms with E-state index in [1.165, 1.54) is 13.3 Å². The van der Waals surface area contributed by atoms with Crippen LogP contribution in [0.2, 0.25) is 0 Å². The summed E-state index contributed by atoms with van der Waals surface area (Å²) in [6.07, 6.45) is 2.94. The quantitative estimate of drug-likeness (QED) is 0.716. The lowest BCUT2D eigenvalue weighted by molar-refractivity contribution is -0.146. The van der Waals surface area contributed by atoms with Crippen LogP contribution in [0.1, 0.15) is 18.4 Å². The van der Waals surface area contributed by atoms with Crippen LogP contribution >= 0.6 is 0 Å². The first-order valence-electron chi connectivity index (χ1n) is 5.81. The molecule has 0 N–H and O–H groups in total. The van der Waals surface area contributed by atoms with Crippen molar-refractivity contribution in [3.63, 3.8) is 0 Å². The molecule has 0 aliphatic carbocycles. The monoisotopic (exact) mass is 246 g/mol. The van der Waals surface area contributed by atoms with E-state index in [4.69, 9.17) is 10.00 Å². The second-order valence-corrected chi connectivity index (χ2v) is 4.16. The number of methoxy groups -OCH3 is 1. The molecule has 0 spiro atoms. The molecule has 1 aliphatic rings. The van der Waals surface area contributed by atoms with E-state index < -0.39 is 0 Å². The Morgan fingerprint density at radius 3 is 2.89 bits per heavy atom. The molecule has 94 valence electrons. The molecule has 0 saturated carbocycles. The van der Waals surface area contributed by atoms with Crippen LogP contribution in [0.15, 0.2) is 12.3 Å². The average Bonchev–Trinajstić information content (AvgIpc) is 2.46. The van der Waals surface area contributed by atoms with E-state index in [1.54, 1.807) is 6.07 Å². The summed E-state index contributed by atoms with van der Waals surface area (Å²) < 4.78 is 4.74. The van der Waals surface area contributed by atoms with Gasteiger partial charge in [-0.3, -0.25) is 4.79 Å². The minimum Gasteiger partial charge on any atom is -0.469 e. The third-order valence-corrected chi connectivity index (χ3v) is 3.15. The molecule has 0 radical (unpaired) electrons. The highest BCUT2D eigenvalue weighted by Crippen LogP contribution is 2.24. The van der Waals surface area contributed by atoms with Gasteiger partial charge in [-0.25, -0.2) is 0 Å². The van der Waals surface area contributed by atoms with Crippen molar-refractivity contribution in [2.45, 2.75) is 12.8 Å². The third kappa shape index (κ3) is 2.40. The molecule has 1 saturated heterocycles. The summed E-state index contributed by atoms with van der Waals surface area (Å²) in [5.74, 6) is 0.395. The van der Waals surface area contributed by atoms with Crippen molar-refractivity contribution in [1.29, 1.82) is 5.26 Å². The maximum atomic E-state index is 11.4. The lowest BCUT2D eigenvalue weighted by atomic mass is 9.97. The number of piperidine rings is 1. The first kappa shape index (κ1) is 12.3. The van der Waals surface area contributed by atoms with Crippen molar-refractivity contribution >= 4 is 11.8 Å². The van der Waals surface area contributed by atoms with E-state index in [9.17, 15) is 4.79 Å². The largest absolute Gasteiger partial charge is 0.469 e. The van der Waals surface area contributed by atoms with Gasteiger partial charge in [-0.2, -0.15) is 10.4 Å². The van der Waals surface area contributed by atoms with Crippen LogP contribution in [-0.4, -0.2) is 36.4 Å². The fourth-order valence-corrected chi connectivity index (χ4v) is 2.14. The number of anilines is 1. The SMILES string of the molecule is COC(=O)C1CCN(c2nnccc2C#N)CC1. The Labute approximate surface area is 105 Å². The predicted molar refractivity (Wildman–Crippen MR) is 63.7 cm³/mol. The van der Waals surface area contributed by atoms with Crippen molar-refractivity contribution in [3.8, 4) is 6.07 Å². The van der Waals surface area contributed by atoms with Crippen LogP contribution < -0.4 is 4.90 Å². The van der Waals surface area contributed by atoms with Crippen LogP contribution in [0.3, 0.4) is 0 Å². The van der Waals surface area contributed by atoms with Crippen LogP contribution in [0.25, 0.3) is 0 Å². The molecule has 0 atom stereocenters. The third-order valence-electron chi connectivity index (χ3n) is 3.15. The zero-order chi connectivity index (χ0) is 13.0. The summed E-state index contributed by atoms with van der Waals surface area (Å²) in [5, 5.41) is 16.8. The Morgan fingerprint density at radius 1 is 1.56 bits per heavy atom. The second-order valence-electron chi connectivity index (χ2n) is 4.16. The van der Waals surface area contributed by atoms with E-state index in [1.807, 2.05) is 4.90 Å². The van der Waals surface area contributed by atoms with E-state index >= 15 is 0 Å². The van der Waals surface area contributed by atoms with Gasteiger partial charge in [0.25, 0.3) is 0 Å². The number of hydrogen-bond acceptors (Lipinski definition) is 6. The number of aromatic nitrogens is 2. The summed E-state index contributed by atoms with van der Waals surface area (Å²) in [6.45, 7) is 1.38. The topological polar surface area (TPSA) is 79.1 Å². The molecule has 1 aliphatic heterocycles. The molecule has 6 heteroatoms. The Balaban J connectivity index is 2.06. The fraction of sp³-hybridized carbons (Fsp3) is 0.500. The van der Waals surface area contributed by atoms with Gasteiger partial charge in [-0.1, -0.05) is 0 Å². The molecule has 0 amide bonds. The van der Waals surface area contributed by atoms with Crippen LogP contribution in [-0.2, 0) is 9.53 Å². The van der Waals surface area contributed by atoms with Gasteiger partial charge >= 0.3 is 5.97 Å². The first-order valence-corrected chi connectivity index (χ1v) is 5.81. The lowest BCUT2D eigenvalue weighted by Gasteiger charge is -2.31. The van der Waals surface area contributed by atoms with Crippen LogP contribution in [0, 0.1) is 17.2 Å². The molecule has 1 fully saturated rings. The number of ether oxygens (including phenoxy) is 1. The van der Waals surface area contributed by atoms with Gasteiger partial charge < -0.3 is 9.64 Å². The van der Waals surface area contributed by atoms with Crippen molar-refractivity contribution in [3.05, 3.63) is 17.8 Å². The normalized spacial score (nSPS) is 16.1. The highest BCUT2D eigenvalue weighted by Gasteiger charge is 2.27. The molecule has 0 unspecified atom stereocenters. The van der Waals surface area contributed by atoms with Crippen molar-refractivity contribution < 1.29 is 9.53 Å². The first-order chi connectivity index (χ1) is 8.76. The molecule has 0 bridgehead atoms. The Morgan fingerprint density at radius 2 is 2.28 bits per heavy atom. The molecule has 18 heavy (non-hydrogen) atoms. The minimum atomic E-state index is -0.158. The number of esters is 1. The molecule has 0 aromatic carbocycles. The van der Waals surface area contributed by atoms with Gasteiger partial charge in [0.1, 0.15) is 6.07 Å². The fourth-order valence-electron chi connectivity index (χ4n) is 2.14. The molecular weight excluding hydrogens is 232 g/mol. The zero-order valence-corrected chi connectivity index (χ0v) is 10.2. The summed E-state index contributed by atoms with van der Waals surface area (Å²) >= 11 is 0. The summed E-state index contributed by atoms with van der Waals surface area (Å²) in [5.41, 5.74) is 0.515. The second kappa shape index (κ2) is 5.45. The van der Waals surface area contributed by atoms with Crippen LogP contribution in [0.5, 0.6) is 0 Å². The van der Waals surface area contributed by atoms with Crippen LogP contribution in [0.4, 0.5) is 5.82 Å². The smallest absolute Gasteiger partial charge is 0.308 e. The number of nitrogens with zero attached hydrogens (tertiary/aromatic N) is 4. The Kier molecular flexibility index (Phi) is 3.72. The van der Waals surface area contributed by atoms with Gasteiger partial charge in [0.2, 0.25) is 0 Å². The van der Waals surface area contributed by atoms with Crippen molar-refractivity contribution in [2.24, 2.45) is 5.92 Å². The standard InChI is InChI=1S/C12H14N4O2/c1-18-12(17)9-3-6-16(7-4-9)11-10(8-13)2-5-14-15-11/h2,5,9H,3-4,6-7H2,1H3.